The maximum atomic E-state index is 13.7. The minimum Gasteiger partial charge on any atom is -0.383 e. The van der Waals surface area contributed by atoms with Crippen LogP contribution in [0.1, 0.15) is 41.0 Å². The number of methoxy groups -OCH3 is 1. The number of sulfonamides is 1. The molecule has 0 saturated carbocycles. The summed E-state index contributed by atoms with van der Waals surface area (Å²) in [4.78, 5) is 2.90. The number of rotatable bonds is 6. The topological polar surface area (TPSA) is 49.9 Å². The summed E-state index contributed by atoms with van der Waals surface area (Å²) in [6, 6.07) is 23.0. The lowest BCUT2D eigenvalue weighted by atomic mass is 9.74. The van der Waals surface area contributed by atoms with Crippen molar-refractivity contribution in [1.82, 2.24) is 9.21 Å². The van der Waals surface area contributed by atoms with Gasteiger partial charge in [-0.1, -0.05) is 60.7 Å². The van der Waals surface area contributed by atoms with Crippen molar-refractivity contribution < 1.29 is 13.2 Å². The van der Waals surface area contributed by atoms with Crippen molar-refractivity contribution in [2.45, 2.75) is 56.5 Å². The Morgan fingerprint density at radius 3 is 2.30 bits per heavy atom. The van der Waals surface area contributed by atoms with Crippen molar-refractivity contribution in [2.24, 2.45) is 0 Å². The van der Waals surface area contributed by atoms with Crippen molar-refractivity contribution in [2.75, 3.05) is 33.4 Å². The van der Waals surface area contributed by atoms with E-state index in [0.29, 0.717) is 24.6 Å². The normalized spacial score (nSPS) is 23.1. The zero-order valence-corrected chi connectivity index (χ0v) is 23.2. The van der Waals surface area contributed by atoms with Gasteiger partial charge in [0, 0.05) is 38.2 Å². The maximum Gasteiger partial charge on any atom is 0.243 e. The molecule has 196 valence electrons. The zero-order valence-electron chi connectivity index (χ0n) is 22.4. The summed E-state index contributed by atoms with van der Waals surface area (Å²) in [5, 5.41) is 0. The molecule has 2 aliphatic rings. The smallest absolute Gasteiger partial charge is 0.243 e. The average molecular weight is 519 g/mol. The van der Waals surface area contributed by atoms with Crippen LogP contribution in [-0.2, 0) is 14.8 Å². The largest absolute Gasteiger partial charge is 0.383 e. The number of ether oxygens (including phenoxy) is 1. The third-order valence-electron chi connectivity index (χ3n) is 8.41. The van der Waals surface area contributed by atoms with Crippen LogP contribution >= 0.6 is 0 Å². The molecule has 3 atom stereocenters. The van der Waals surface area contributed by atoms with E-state index in [0.717, 1.165) is 24.9 Å². The van der Waals surface area contributed by atoms with Crippen LogP contribution in [0.2, 0.25) is 0 Å². The fourth-order valence-electron chi connectivity index (χ4n) is 6.21. The van der Waals surface area contributed by atoms with Gasteiger partial charge in [-0.3, -0.25) is 4.90 Å². The highest BCUT2D eigenvalue weighted by molar-refractivity contribution is 7.89. The molecule has 3 aromatic carbocycles. The first-order valence-electron chi connectivity index (χ1n) is 13.3. The summed E-state index contributed by atoms with van der Waals surface area (Å²) in [7, 11) is -1.81. The summed E-state index contributed by atoms with van der Waals surface area (Å²) >= 11 is 0. The van der Waals surface area contributed by atoms with Crippen LogP contribution in [0, 0.1) is 20.8 Å². The minimum absolute atomic E-state index is 0.130. The lowest BCUT2D eigenvalue weighted by Crippen LogP contribution is -2.68. The van der Waals surface area contributed by atoms with Gasteiger partial charge in [0.25, 0.3) is 0 Å². The van der Waals surface area contributed by atoms with E-state index in [1.807, 2.05) is 25.1 Å². The monoisotopic (exact) mass is 518 g/mol. The van der Waals surface area contributed by atoms with Crippen molar-refractivity contribution in [3.05, 3.63) is 89.0 Å². The summed E-state index contributed by atoms with van der Waals surface area (Å²) in [6.07, 6.45) is 1.85. The molecule has 3 aromatic rings. The van der Waals surface area contributed by atoms with Gasteiger partial charge in [-0.2, -0.15) is 4.31 Å². The van der Waals surface area contributed by atoms with Gasteiger partial charge in [-0.15, -0.1) is 0 Å². The number of hydrogen-bond donors (Lipinski definition) is 0. The molecule has 6 heteroatoms. The van der Waals surface area contributed by atoms with Gasteiger partial charge in [0.15, 0.2) is 0 Å². The second-order valence-electron chi connectivity index (χ2n) is 10.6. The van der Waals surface area contributed by atoms with Crippen LogP contribution in [0.3, 0.4) is 0 Å². The van der Waals surface area contributed by atoms with E-state index in [-0.39, 0.29) is 18.0 Å². The van der Waals surface area contributed by atoms with E-state index in [2.05, 4.69) is 61.2 Å². The van der Waals surface area contributed by atoms with E-state index in [1.54, 1.807) is 17.5 Å². The van der Waals surface area contributed by atoms with E-state index in [1.165, 1.54) is 27.8 Å². The first kappa shape index (κ1) is 26.1. The van der Waals surface area contributed by atoms with Gasteiger partial charge in [0.05, 0.1) is 11.5 Å². The Hall–Kier alpha value is -2.51. The summed E-state index contributed by atoms with van der Waals surface area (Å²) in [5.74, 6) is 0.222. The Morgan fingerprint density at radius 2 is 1.57 bits per heavy atom. The molecular weight excluding hydrogens is 480 g/mol. The van der Waals surface area contributed by atoms with Gasteiger partial charge in [0.2, 0.25) is 10.0 Å². The highest BCUT2D eigenvalue weighted by atomic mass is 32.2. The van der Waals surface area contributed by atoms with Crippen molar-refractivity contribution in [1.29, 1.82) is 0 Å². The van der Waals surface area contributed by atoms with Crippen molar-refractivity contribution in [3.8, 4) is 11.1 Å². The molecule has 0 radical (unpaired) electrons. The molecular formula is C31H38N2O3S. The zero-order chi connectivity index (χ0) is 26.2. The molecule has 2 saturated heterocycles. The van der Waals surface area contributed by atoms with Crippen LogP contribution < -0.4 is 0 Å². The number of aryl methyl sites for hydroxylation is 2. The second-order valence-corrected chi connectivity index (χ2v) is 12.5. The van der Waals surface area contributed by atoms with E-state index in [9.17, 15) is 8.42 Å². The number of fused-ring (bicyclic) bond motifs is 1. The van der Waals surface area contributed by atoms with Gasteiger partial charge in [0.1, 0.15) is 0 Å². The predicted molar refractivity (Wildman–Crippen MR) is 149 cm³/mol. The molecule has 37 heavy (non-hydrogen) atoms. The molecule has 3 unspecified atom stereocenters. The Bertz CT molecular complexity index is 1350. The average Bonchev–Trinajstić information content (AvgIpc) is 2.87. The highest BCUT2D eigenvalue weighted by Gasteiger charge is 2.50. The number of benzene rings is 3. The van der Waals surface area contributed by atoms with Crippen LogP contribution in [0.25, 0.3) is 11.1 Å². The molecule has 0 amide bonds. The summed E-state index contributed by atoms with van der Waals surface area (Å²) in [6.45, 7) is 8.89. The Morgan fingerprint density at radius 1 is 0.865 bits per heavy atom. The van der Waals surface area contributed by atoms with Crippen molar-refractivity contribution >= 4 is 10.0 Å². The Balaban J connectivity index is 1.46. The third-order valence-corrected chi connectivity index (χ3v) is 10.4. The summed E-state index contributed by atoms with van der Waals surface area (Å²) < 4.78 is 34.9. The minimum atomic E-state index is -3.57. The first-order chi connectivity index (χ1) is 17.8. The molecule has 0 bridgehead atoms. The van der Waals surface area contributed by atoms with Gasteiger partial charge in [-0.05, 0) is 79.6 Å². The molecule has 2 fully saturated rings. The molecule has 2 aliphatic heterocycles. The molecule has 0 spiro atoms. The highest BCUT2D eigenvalue weighted by Crippen LogP contribution is 2.43. The maximum absolute atomic E-state index is 13.7. The first-order valence-corrected chi connectivity index (χ1v) is 14.7. The van der Waals surface area contributed by atoms with Crippen molar-refractivity contribution in [3.63, 3.8) is 0 Å². The lowest BCUT2D eigenvalue weighted by molar-refractivity contribution is -0.0635. The SMILES string of the molecule is COCC1C(c2ccc(-c3cccc(C)c3C)cc2)C2CN(S(=O)(=O)c3ccccc3C)CCCCN12. The fraction of sp³-hybridized carbons (Fsp3) is 0.419. The quantitative estimate of drug-likeness (QED) is 0.430. The second kappa shape index (κ2) is 10.7. The van der Waals surface area contributed by atoms with E-state index < -0.39 is 10.0 Å². The summed E-state index contributed by atoms with van der Waals surface area (Å²) in [5.41, 5.74) is 7.12. The molecule has 2 heterocycles. The number of nitrogens with zero attached hydrogens (tertiary/aromatic N) is 2. The molecule has 0 aliphatic carbocycles. The van der Waals surface area contributed by atoms with Crippen LogP contribution in [-0.4, -0.2) is 63.1 Å². The van der Waals surface area contributed by atoms with Crippen LogP contribution in [0.15, 0.2) is 71.6 Å². The fourth-order valence-corrected chi connectivity index (χ4v) is 7.93. The predicted octanol–water partition coefficient (Wildman–Crippen LogP) is 5.55. The Labute approximate surface area is 222 Å². The van der Waals surface area contributed by atoms with E-state index >= 15 is 0 Å². The lowest BCUT2D eigenvalue weighted by Gasteiger charge is -2.57. The van der Waals surface area contributed by atoms with Gasteiger partial charge < -0.3 is 4.74 Å². The molecule has 5 nitrogen and oxygen atoms in total. The molecule has 0 N–H and O–H groups in total. The van der Waals surface area contributed by atoms with Gasteiger partial charge >= 0.3 is 0 Å². The Kier molecular flexibility index (Phi) is 7.55. The van der Waals surface area contributed by atoms with Crippen LogP contribution in [0.4, 0.5) is 0 Å². The third kappa shape index (κ3) is 4.88. The van der Waals surface area contributed by atoms with E-state index in [4.69, 9.17) is 4.74 Å². The van der Waals surface area contributed by atoms with Crippen LogP contribution in [0.5, 0.6) is 0 Å². The van der Waals surface area contributed by atoms with Gasteiger partial charge in [-0.25, -0.2) is 8.42 Å². The molecule has 5 rings (SSSR count). The number of hydrogen-bond acceptors (Lipinski definition) is 4. The standard InChI is InChI=1S/C31H38N2O3S/c1-22-11-9-12-27(24(22)3)25-14-16-26(17-15-25)31-28-20-32(18-7-8-19-33(28)29(31)21-36-4)37(34,35)30-13-6-5-10-23(30)2/h5-6,9-17,28-29,31H,7-8,18-21H2,1-4H3. The molecule has 0 aromatic heterocycles.